The second-order valence-electron chi connectivity index (χ2n) is 2.34. The van der Waals surface area contributed by atoms with E-state index < -0.39 is 0 Å². The fraction of sp³-hybridized carbons (Fsp3) is 0.200. The van der Waals surface area contributed by atoms with Gasteiger partial charge in [-0.25, -0.2) is 0 Å². The number of hydrogen-bond donors (Lipinski definition) is 0. The Morgan fingerprint density at radius 3 is 2.31 bits per heavy atom. The molecule has 0 N–H and O–H groups in total. The van der Waals surface area contributed by atoms with E-state index in [1.165, 1.54) is 0 Å². The normalized spacial score (nSPS) is 9.15. The third kappa shape index (κ3) is 3.12. The van der Waals surface area contributed by atoms with Crippen molar-refractivity contribution in [2.24, 2.45) is 0 Å². The van der Waals surface area contributed by atoms with Crippen LogP contribution in [0.25, 0.3) is 0 Å². The Kier molecular flexibility index (Phi) is 4.45. The molecule has 1 aromatic rings. The lowest BCUT2D eigenvalue weighted by Crippen LogP contribution is -1.79. The molecule has 0 bridgehead atoms. The summed E-state index contributed by atoms with van der Waals surface area (Å²) in [6.07, 6.45) is 0.642. The summed E-state index contributed by atoms with van der Waals surface area (Å²) in [5.41, 5.74) is 0.677. The summed E-state index contributed by atoms with van der Waals surface area (Å²) in [4.78, 5) is 0. The van der Waals surface area contributed by atoms with Gasteiger partial charge in [0.05, 0.1) is 15.6 Å². The van der Waals surface area contributed by atoms with Crippen LogP contribution in [-0.4, -0.2) is 5.88 Å². The first-order valence-corrected chi connectivity index (χ1v) is 5.03. The molecule has 13 heavy (non-hydrogen) atoms. The molecular weight excluding hydrogens is 226 g/mol. The van der Waals surface area contributed by atoms with Crippen molar-refractivity contribution in [3.05, 3.63) is 33.8 Å². The van der Waals surface area contributed by atoms with Gasteiger partial charge in [0, 0.05) is 12.3 Å². The zero-order valence-corrected chi connectivity index (χ0v) is 9.05. The fourth-order valence-corrected chi connectivity index (χ4v) is 1.40. The third-order valence-electron chi connectivity index (χ3n) is 1.40. The third-order valence-corrected chi connectivity index (χ3v) is 2.21. The molecule has 0 nitrogen and oxygen atoms in total. The van der Waals surface area contributed by atoms with E-state index in [9.17, 15) is 0 Å². The highest BCUT2D eigenvalue weighted by Crippen LogP contribution is 2.22. The fourth-order valence-electron chi connectivity index (χ4n) is 0.815. The van der Waals surface area contributed by atoms with E-state index in [0.29, 0.717) is 27.9 Å². The molecule has 1 aromatic carbocycles. The van der Waals surface area contributed by atoms with Crippen molar-refractivity contribution < 1.29 is 0 Å². The van der Waals surface area contributed by atoms with Crippen molar-refractivity contribution in [3.63, 3.8) is 0 Å². The maximum Gasteiger partial charge on any atom is 0.0617 e. The molecule has 0 aromatic heterocycles. The maximum absolute atomic E-state index is 5.89. The van der Waals surface area contributed by atoms with Gasteiger partial charge in [-0.2, -0.15) is 0 Å². The van der Waals surface area contributed by atoms with Crippen LogP contribution in [0.15, 0.2) is 18.2 Å². The predicted molar refractivity (Wildman–Crippen MR) is 58.7 cm³/mol. The Morgan fingerprint density at radius 2 is 1.77 bits per heavy atom. The quantitative estimate of drug-likeness (QED) is 0.508. The lowest BCUT2D eigenvalue weighted by atomic mass is 10.2. The molecule has 0 aliphatic rings. The maximum atomic E-state index is 5.89. The second kappa shape index (κ2) is 5.40. The predicted octanol–water partition coefficient (Wildman–Crippen LogP) is 3.97. The number of alkyl halides is 1. The minimum Gasteiger partial charge on any atom is -0.126 e. The highest BCUT2D eigenvalue weighted by Gasteiger charge is 2.00. The average Bonchev–Trinajstić information content (AvgIpc) is 2.10. The molecule has 0 aliphatic carbocycles. The molecule has 0 saturated heterocycles. The van der Waals surface area contributed by atoms with E-state index in [1.54, 1.807) is 18.2 Å². The average molecular weight is 234 g/mol. The summed E-state index contributed by atoms with van der Waals surface area (Å²) in [6.45, 7) is 0. The molecule has 68 valence electrons. The van der Waals surface area contributed by atoms with Crippen molar-refractivity contribution >= 4 is 34.8 Å². The van der Waals surface area contributed by atoms with Crippen LogP contribution < -0.4 is 0 Å². The SMILES string of the molecule is ClCCC#Cc1c(Cl)cccc1Cl. The molecule has 0 fully saturated rings. The standard InChI is InChI=1S/C10H7Cl3/c11-7-2-1-4-8-9(12)5-3-6-10(8)13/h3,5-6H,2,7H2. The van der Waals surface area contributed by atoms with E-state index in [-0.39, 0.29) is 0 Å². The Morgan fingerprint density at radius 1 is 1.15 bits per heavy atom. The van der Waals surface area contributed by atoms with Crippen LogP contribution in [0.5, 0.6) is 0 Å². The summed E-state index contributed by atoms with van der Waals surface area (Å²) >= 11 is 17.3. The molecule has 0 amide bonds. The number of hydrogen-bond acceptors (Lipinski definition) is 0. The molecule has 0 aliphatic heterocycles. The molecule has 3 heteroatoms. The molecule has 0 atom stereocenters. The van der Waals surface area contributed by atoms with E-state index >= 15 is 0 Å². The van der Waals surface area contributed by atoms with E-state index in [2.05, 4.69) is 11.8 Å². The van der Waals surface area contributed by atoms with Crippen molar-refractivity contribution in [2.75, 3.05) is 5.88 Å². The van der Waals surface area contributed by atoms with Crippen molar-refractivity contribution in [2.45, 2.75) is 6.42 Å². The Hall–Kier alpha value is -0.350. The highest BCUT2D eigenvalue weighted by molar-refractivity contribution is 6.36. The molecule has 0 unspecified atom stereocenters. The first-order chi connectivity index (χ1) is 6.25. The topological polar surface area (TPSA) is 0 Å². The van der Waals surface area contributed by atoms with Gasteiger partial charge in [-0.1, -0.05) is 41.1 Å². The van der Waals surface area contributed by atoms with Crippen LogP contribution in [0.4, 0.5) is 0 Å². The zero-order chi connectivity index (χ0) is 9.68. The van der Waals surface area contributed by atoms with Gasteiger partial charge >= 0.3 is 0 Å². The largest absolute Gasteiger partial charge is 0.126 e. The van der Waals surface area contributed by atoms with Gasteiger partial charge in [0.25, 0.3) is 0 Å². The molecule has 0 heterocycles. The van der Waals surface area contributed by atoms with Crippen molar-refractivity contribution in [3.8, 4) is 11.8 Å². The van der Waals surface area contributed by atoms with Crippen LogP contribution in [0.1, 0.15) is 12.0 Å². The summed E-state index contributed by atoms with van der Waals surface area (Å²) in [6, 6.07) is 5.31. The number of halogens is 3. The van der Waals surface area contributed by atoms with E-state index in [4.69, 9.17) is 34.8 Å². The van der Waals surface area contributed by atoms with Crippen LogP contribution in [0.2, 0.25) is 10.0 Å². The minimum absolute atomic E-state index is 0.523. The van der Waals surface area contributed by atoms with E-state index in [1.807, 2.05) is 0 Å². The van der Waals surface area contributed by atoms with Crippen LogP contribution in [0, 0.1) is 11.8 Å². The van der Waals surface area contributed by atoms with Crippen LogP contribution in [-0.2, 0) is 0 Å². The van der Waals surface area contributed by atoms with Gasteiger partial charge in [-0.3, -0.25) is 0 Å². The van der Waals surface area contributed by atoms with Gasteiger partial charge in [0.15, 0.2) is 0 Å². The summed E-state index contributed by atoms with van der Waals surface area (Å²) in [5.74, 6) is 6.29. The van der Waals surface area contributed by atoms with Crippen LogP contribution >= 0.6 is 34.8 Å². The molecular formula is C10H7Cl3. The Bertz CT molecular complexity index is 327. The molecule has 0 spiro atoms. The summed E-state index contributed by atoms with van der Waals surface area (Å²) in [7, 11) is 0. The zero-order valence-electron chi connectivity index (χ0n) is 6.78. The number of benzene rings is 1. The first-order valence-electron chi connectivity index (χ1n) is 3.74. The smallest absolute Gasteiger partial charge is 0.0617 e. The highest BCUT2D eigenvalue weighted by atomic mass is 35.5. The first kappa shape index (κ1) is 10.7. The van der Waals surface area contributed by atoms with Gasteiger partial charge in [0.1, 0.15) is 0 Å². The van der Waals surface area contributed by atoms with Gasteiger partial charge < -0.3 is 0 Å². The number of rotatable bonds is 1. The van der Waals surface area contributed by atoms with Gasteiger partial charge in [-0.15, -0.1) is 11.6 Å². The summed E-state index contributed by atoms with van der Waals surface area (Å²) < 4.78 is 0. The Balaban J connectivity index is 2.95. The molecule has 1 rings (SSSR count). The lowest BCUT2D eigenvalue weighted by molar-refractivity contribution is 1.29. The second-order valence-corrected chi connectivity index (χ2v) is 3.53. The van der Waals surface area contributed by atoms with Gasteiger partial charge in [-0.05, 0) is 12.1 Å². The molecule has 0 radical (unpaired) electrons. The van der Waals surface area contributed by atoms with Crippen molar-refractivity contribution in [1.29, 1.82) is 0 Å². The van der Waals surface area contributed by atoms with E-state index in [0.717, 1.165) is 0 Å². The minimum atomic E-state index is 0.523. The van der Waals surface area contributed by atoms with Gasteiger partial charge in [0.2, 0.25) is 0 Å². The summed E-state index contributed by atoms with van der Waals surface area (Å²) in [5, 5.41) is 1.16. The monoisotopic (exact) mass is 232 g/mol. The lowest BCUT2D eigenvalue weighted by Gasteiger charge is -1.97. The Labute approximate surface area is 92.8 Å². The van der Waals surface area contributed by atoms with Crippen LogP contribution in [0.3, 0.4) is 0 Å². The van der Waals surface area contributed by atoms with Crippen molar-refractivity contribution in [1.82, 2.24) is 0 Å². The molecule has 0 saturated carbocycles.